The van der Waals surface area contributed by atoms with Crippen molar-refractivity contribution >= 4 is 5.91 Å². The van der Waals surface area contributed by atoms with Crippen LogP contribution < -0.4 is 10.1 Å². The molecule has 0 aliphatic heterocycles. The number of aromatic nitrogens is 1. The van der Waals surface area contributed by atoms with Crippen molar-refractivity contribution in [3.05, 3.63) is 59.9 Å². The van der Waals surface area contributed by atoms with Crippen LogP contribution in [0.25, 0.3) is 0 Å². The van der Waals surface area contributed by atoms with Gasteiger partial charge in [0, 0.05) is 31.0 Å². The Morgan fingerprint density at radius 3 is 2.79 bits per heavy atom. The number of aliphatic hydroxyl groups excluding tert-OH is 1. The van der Waals surface area contributed by atoms with Crippen molar-refractivity contribution < 1.29 is 14.6 Å². The van der Waals surface area contributed by atoms with Crippen LogP contribution in [0.1, 0.15) is 18.2 Å². The second-order valence-corrected chi connectivity index (χ2v) is 5.90. The van der Waals surface area contributed by atoms with Gasteiger partial charge in [0.25, 0.3) is 5.91 Å². The van der Waals surface area contributed by atoms with E-state index in [1.807, 2.05) is 49.4 Å². The molecule has 1 heterocycles. The number of hydrogen-bond acceptors (Lipinski definition) is 4. The van der Waals surface area contributed by atoms with Crippen LogP contribution in [0.15, 0.2) is 48.7 Å². The van der Waals surface area contributed by atoms with Crippen molar-refractivity contribution in [2.45, 2.75) is 26.4 Å². The van der Waals surface area contributed by atoms with Crippen LogP contribution in [0, 0.1) is 12.8 Å². The van der Waals surface area contributed by atoms with Gasteiger partial charge in [0.1, 0.15) is 5.75 Å². The summed E-state index contributed by atoms with van der Waals surface area (Å²) in [4.78, 5) is 16.4. The van der Waals surface area contributed by atoms with Gasteiger partial charge in [0.15, 0.2) is 6.10 Å². The highest BCUT2D eigenvalue weighted by atomic mass is 16.5. The van der Waals surface area contributed by atoms with Gasteiger partial charge in [-0.05, 0) is 50.1 Å². The smallest absolute Gasteiger partial charge is 0.260 e. The maximum atomic E-state index is 12.2. The Bertz CT molecular complexity index is 646. The van der Waals surface area contributed by atoms with Crippen LogP contribution in [0.3, 0.4) is 0 Å². The van der Waals surface area contributed by atoms with E-state index in [1.165, 1.54) is 0 Å². The molecule has 0 saturated carbocycles. The monoisotopic (exact) mass is 328 g/mol. The molecule has 5 nitrogen and oxygen atoms in total. The van der Waals surface area contributed by atoms with E-state index >= 15 is 0 Å². The molecule has 2 N–H and O–H groups in total. The van der Waals surface area contributed by atoms with E-state index in [-0.39, 0.29) is 18.4 Å². The molecule has 24 heavy (non-hydrogen) atoms. The number of nitrogens with zero attached hydrogens (tertiary/aromatic N) is 1. The number of carbonyl (C=O) groups excluding carboxylic acids is 1. The molecule has 2 rings (SSSR count). The molecule has 0 aliphatic carbocycles. The van der Waals surface area contributed by atoms with Crippen LogP contribution in [-0.4, -0.2) is 35.3 Å². The van der Waals surface area contributed by atoms with Crippen LogP contribution >= 0.6 is 0 Å². The quantitative estimate of drug-likeness (QED) is 0.779. The predicted octanol–water partition coefficient (Wildman–Crippen LogP) is 2.12. The number of pyridine rings is 1. The van der Waals surface area contributed by atoms with E-state index in [2.05, 4.69) is 10.3 Å². The molecular formula is C19H24N2O3. The van der Waals surface area contributed by atoms with E-state index in [1.54, 1.807) is 13.1 Å². The van der Waals surface area contributed by atoms with Crippen LogP contribution in [0.2, 0.25) is 0 Å². The number of rotatable bonds is 8. The van der Waals surface area contributed by atoms with Gasteiger partial charge in [-0.1, -0.05) is 18.2 Å². The summed E-state index contributed by atoms with van der Waals surface area (Å²) in [5.74, 6) is 0.399. The Labute approximate surface area is 142 Å². The lowest BCUT2D eigenvalue weighted by Gasteiger charge is -2.18. The van der Waals surface area contributed by atoms with Crippen LogP contribution in [0.4, 0.5) is 0 Å². The van der Waals surface area contributed by atoms with Gasteiger partial charge >= 0.3 is 0 Å². The molecule has 0 radical (unpaired) electrons. The third kappa shape index (κ3) is 5.66. The average molecular weight is 328 g/mol. The second-order valence-electron chi connectivity index (χ2n) is 5.90. The summed E-state index contributed by atoms with van der Waals surface area (Å²) in [6.07, 6.45) is 1.74. The molecule has 0 bridgehead atoms. The third-order valence-electron chi connectivity index (χ3n) is 3.72. The molecule has 0 fully saturated rings. The Kier molecular flexibility index (Phi) is 6.75. The van der Waals surface area contributed by atoms with Crippen LogP contribution in [0.5, 0.6) is 5.75 Å². The van der Waals surface area contributed by atoms with E-state index in [9.17, 15) is 9.90 Å². The fourth-order valence-corrected chi connectivity index (χ4v) is 2.35. The molecule has 128 valence electrons. The largest absolute Gasteiger partial charge is 0.481 e. The molecular weight excluding hydrogens is 304 g/mol. The van der Waals surface area contributed by atoms with Gasteiger partial charge in [-0.2, -0.15) is 0 Å². The van der Waals surface area contributed by atoms with Gasteiger partial charge < -0.3 is 15.2 Å². The summed E-state index contributed by atoms with van der Waals surface area (Å²) in [6.45, 7) is 4.06. The van der Waals surface area contributed by atoms with Gasteiger partial charge in [0.2, 0.25) is 0 Å². The van der Waals surface area contributed by atoms with Crippen molar-refractivity contribution in [3.8, 4) is 5.75 Å². The summed E-state index contributed by atoms with van der Waals surface area (Å²) in [5.41, 5.74) is 1.98. The van der Waals surface area contributed by atoms with E-state index in [0.717, 1.165) is 11.3 Å². The minimum atomic E-state index is -0.596. The highest BCUT2D eigenvalue weighted by molar-refractivity contribution is 5.80. The fourth-order valence-electron chi connectivity index (χ4n) is 2.35. The topological polar surface area (TPSA) is 71.5 Å². The number of aryl methyl sites for hydroxylation is 1. The first-order valence-corrected chi connectivity index (χ1v) is 8.10. The highest BCUT2D eigenvalue weighted by Crippen LogP contribution is 2.14. The van der Waals surface area contributed by atoms with E-state index < -0.39 is 6.10 Å². The Balaban J connectivity index is 1.82. The van der Waals surface area contributed by atoms with Crippen molar-refractivity contribution in [2.24, 2.45) is 5.92 Å². The predicted molar refractivity (Wildman–Crippen MR) is 92.8 cm³/mol. The van der Waals surface area contributed by atoms with Crippen molar-refractivity contribution in [3.63, 3.8) is 0 Å². The second kappa shape index (κ2) is 9.03. The zero-order valence-corrected chi connectivity index (χ0v) is 14.1. The summed E-state index contributed by atoms with van der Waals surface area (Å²) in [7, 11) is 0. The molecule has 0 saturated heterocycles. The van der Waals surface area contributed by atoms with Crippen molar-refractivity contribution in [1.29, 1.82) is 0 Å². The van der Waals surface area contributed by atoms with Gasteiger partial charge in [-0.15, -0.1) is 0 Å². The van der Waals surface area contributed by atoms with Crippen molar-refractivity contribution in [1.82, 2.24) is 10.3 Å². The molecule has 2 aromatic rings. The maximum Gasteiger partial charge on any atom is 0.260 e. The standard InChI is InChI=1S/C19H24N2O3/c1-14-6-5-8-18(10-14)24-15(2)19(23)21-12-16(13-22)11-17-7-3-4-9-20-17/h3-10,15-16,22H,11-13H2,1-2H3,(H,21,23). The third-order valence-corrected chi connectivity index (χ3v) is 3.72. The first-order chi connectivity index (χ1) is 11.6. The molecule has 1 aromatic heterocycles. The first kappa shape index (κ1) is 17.9. The maximum absolute atomic E-state index is 12.2. The molecule has 0 spiro atoms. The molecule has 1 aromatic carbocycles. The summed E-state index contributed by atoms with van der Waals surface area (Å²) in [6, 6.07) is 13.3. The molecule has 5 heteroatoms. The molecule has 0 aliphatic rings. The number of amides is 1. The molecule has 2 unspecified atom stereocenters. The van der Waals surface area contributed by atoms with Gasteiger partial charge in [-0.25, -0.2) is 0 Å². The number of hydrogen-bond donors (Lipinski definition) is 2. The normalized spacial score (nSPS) is 13.1. The van der Waals surface area contributed by atoms with E-state index in [4.69, 9.17) is 4.74 Å². The lowest BCUT2D eigenvalue weighted by Crippen LogP contribution is -2.40. The fraction of sp³-hybridized carbons (Fsp3) is 0.368. The summed E-state index contributed by atoms with van der Waals surface area (Å²) < 4.78 is 5.65. The lowest BCUT2D eigenvalue weighted by molar-refractivity contribution is -0.127. The van der Waals surface area contributed by atoms with Gasteiger partial charge in [0.05, 0.1) is 0 Å². The van der Waals surface area contributed by atoms with Gasteiger partial charge in [-0.3, -0.25) is 9.78 Å². The zero-order chi connectivity index (χ0) is 17.4. The Morgan fingerprint density at radius 1 is 1.29 bits per heavy atom. The summed E-state index contributed by atoms with van der Waals surface area (Å²) >= 11 is 0. The average Bonchev–Trinajstić information content (AvgIpc) is 2.59. The summed E-state index contributed by atoms with van der Waals surface area (Å²) in [5, 5.41) is 12.3. The van der Waals surface area contributed by atoms with Crippen LogP contribution in [-0.2, 0) is 11.2 Å². The number of nitrogens with one attached hydrogen (secondary N) is 1. The van der Waals surface area contributed by atoms with E-state index in [0.29, 0.717) is 18.7 Å². The number of ether oxygens (including phenoxy) is 1. The molecule has 2 atom stereocenters. The first-order valence-electron chi connectivity index (χ1n) is 8.10. The highest BCUT2D eigenvalue weighted by Gasteiger charge is 2.17. The van der Waals surface area contributed by atoms with Crippen molar-refractivity contribution in [2.75, 3.05) is 13.2 Å². The Morgan fingerprint density at radius 2 is 2.12 bits per heavy atom. The SMILES string of the molecule is Cc1cccc(OC(C)C(=O)NCC(CO)Cc2ccccn2)c1. The minimum absolute atomic E-state index is 0.00995. The minimum Gasteiger partial charge on any atom is -0.481 e. The number of aliphatic hydroxyl groups is 1. The number of carbonyl (C=O) groups is 1. The zero-order valence-electron chi connectivity index (χ0n) is 14.1. The lowest BCUT2D eigenvalue weighted by atomic mass is 10.0. The Hall–Kier alpha value is -2.40. The molecule has 1 amide bonds. The number of benzene rings is 1.